The van der Waals surface area contributed by atoms with Crippen LogP contribution in [0.3, 0.4) is 0 Å². The van der Waals surface area contributed by atoms with Gasteiger partial charge in [0.25, 0.3) is 10.0 Å². The summed E-state index contributed by atoms with van der Waals surface area (Å²) in [7, 11) is -3.99. The number of carbonyl (C=O) groups excluding carboxylic acids is 1. The van der Waals surface area contributed by atoms with Gasteiger partial charge in [-0.15, -0.1) is 0 Å². The Morgan fingerprint density at radius 2 is 1.68 bits per heavy atom. The molecule has 8 nitrogen and oxygen atoms in total. The Labute approximate surface area is 218 Å². The third-order valence-corrected chi connectivity index (χ3v) is 7.83. The second-order valence-electron chi connectivity index (χ2n) is 8.74. The predicted molar refractivity (Wildman–Crippen MR) is 143 cm³/mol. The van der Waals surface area contributed by atoms with Crippen LogP contribution in [0.1, 0.15) is 18.1 Å². The molecule has 4 rings (SSSR count). The molecule has 1 saturated heterocycles. The monoisotopic (exact) mass is 523 g/mol. The predicted octanol–water partition coefficient (Wildman–Crippen LogP) is 3.43. The molecular formula is C28H33N3O5S. The van der Waals surface area contributed by atoms with Crippen molar-refractivity contribution in [1.82, 2.24) is 10.2 Å². The number of nitrogens with zero attached hydrogens (tertiary/aromatic N) is 2. The van der Waals surface area contributed by atoms with Gasteiger partial charge in [0, 0.05) is 26.2 Å². The van der Waals surface area contributed by atoms with Crippen LogP contribution in [0.4, 0.5) is 5.69 Å². The fourth-order valence-corrected chi connectivity index (χ4v) is 5.57. The zero-order valence-electron chi connectivity index (χ0n) is 21.0. The van der Waals surface area contributed by atoms with Crippen molar-refractivity contribution in [2.75, 3.05) is 43.8 Å². The molecule has 1 amide bonds. The maximum absolute atomic E-state index is 13.5. The van der Waals surface area contributed by atoms with Gasteiger partial charge in [-0.1, -0.05) is 42.5 Å². The van der Waals surface area contributed by atoms with E-state index in [1.54, 1.807) is 42.5 Å². The van der Waals surface area contributed by atoms with E-state index in [-0.39, 0.29) is 11.4 Å². The molecule has 1 heterocycles. The SMILES string of the molecule is CCOc1ccc(S(=O)(=O)N(CC(=O)NCc2cccc(CN3CCOCC3)c2)c2ccccc2)cc1. The van der Waals surface area contributed by atoms with Gasteiger partial charge in [0.05, 0.1) is 30.4 Å². The summed E-state index contributed by atoms with van der Waals surface area (Å²) in [6.45, 7) is 6.43. The summed E-state index contributed by atoms with van der Waals surface area (Å²) in [6, 6.07) is 22.9. The first-order valence-electron chi connectivity index (χ1n) is 12.4. The van der Waals surface area contributed by atoms with Gasteiger partial charge >= 0.3 is 0 Å². The molecule has 0 aliphatic carbocycles. The highest BCUT2D eigenvalue weighted by Crippen LogP contribution is 2.25. The van der Waals surface area contributed by atoms with Gasteiger partial charge < -0.3 is 14.8 Å². The third-order valence-electron chi connectivity index (χ3n) is 6.05. The number of sulfonamides is 1. The van der Waals surface area contributed by atoms with Crippen molar-refractivity contribution in [2.45, 2.75) is 24.9 Å². The molecule has 0 atom stereocenters. The topological polar surface area (TPSA) is 88.2 Å². The minimum atomic E-state index is -3.99. The first-order chi connectivity index (χ1) is 18.0. The van der Waals surface area contributed by atoms with Crippen LogP contribution < -0.4 is 14.4 Å². The van der Waals surface area contributed by atoms with Crippen molar-refractivity contribution in [3.63, 3.8) is 0 Å². The Kier molecular flexibility index (Phi) is 9.16. The van der Waals surface area contributed by atoms with E-state index in [1.165, 1.54) is 12.1 Å². The van der Waals surface area contributed by atoms with E-state index < -0.39 is 15.9 Å². The Balaban J connectivity index is 1.44. The van der Waals surface area contributed by atoms with Crippen LogP contribution in [0.2, 0.25) is 0 Å². The second-order valence-corrected chi connectivity index (χ2v) is 10.6. The molecule has 1 fully saturated rings. The van der Waals surface area contributed by atoms with Crippen LogP contribution in [0.15, 0.2) is 83.8 Å². The Morgan fingerprint density at radius 1 is 0.973 bits per heavy atom. The van der Waals surface area contributed by atoms with E-state index in [0.29, 0.717) is 24.6 Å². The van der Waals surface area contributed by atoms with Crippen LogP contribution in [0, 0.1) is 0 Å². The summed E-state index contributed by atoms with van der Waals surface area (Å²) in [5, 5.41) is 2.88. The summed E-state index contributed by atoms with van der Waals surface area (Å²) in [4.78, 5) is 15.4. The smallest absolute Gasteiger partial charge is 0.264 e. The van der Waals surface area contributed by atoms with Crippen LogP contribution >= 0.6 is 0 Å². The number of morpholine rings is 1. The number of ether oxygens (including phenoxy) is 2. The highest BCUT2D eigenvalue weighted by Gasteiger charge is 2.27. The van der Waals surface area contributed by atoms with E-state index in [4.69, 9.17) is 9.47 Å². The molecule has 196 valence electrons. The lowest BCUT2D eigenvalue weighted by molar-refractivity contribution is -0.119. The molecule has 0 aromatic heterocycles. The van der Waals surface area contributed by atoms with Gasteiger partial charge in [0.1, 0.15) is 12.3 Å². The number of rotatable bonds is 11. The van der Waals surface area contributed by atoms with Gasteiger partial charge in [-0.3, -0.25) is 14.0 Å². The number of amides is 1. The first-order valence-corrected chi connectivity index (χ1v) is 13.8. The maximum atomic E-state index is 13.5. The number of anilines is 1. The van der Waals surface area contributed by atoms with Gasteiger partial charge in [-0.05, 0) is 54.4 Å². The molecule has 37 heavy (non-hydrogen) atoms. The molecule has 3 aromatic carbocycles. The van der Waals surface area contributed by atoms with Crippen molar-refractivity contribution < 1.29 is 22.7 Å². The molecule has 1 aliphatic heterocycles. The number of benzene rings is 3. The van der Waals surface area contributed by atoms with E-state index in [2.05, 4.69) is 22.3 Å². The van der Waals surface area contributed by atoms with Gasteiger partial charge in [-0.2, -0.15) is 0 Å². The number of hydrogen-bond donors (Lipinski definition) is 1. The molecule has 0 bridgehead atoms. The lowest BCUT2D eigenvalue weighted by Crippen LogP contribution is -2.40. The van der Waals surface area contributed by atoms with Gasteiger partial charge in [0.15, 0.2) is 0 Å². The summed E-state index contributed by atoms with van der Waals surface area (Å²) in [6.07, 6.45) is 0. The van der Waals surface area contributed by atoms with Crippen LogP contribution in [0.5, 0.6) is 5.75 Å². The summed E-state index contributed by atoms with van der Waals surface area (Å²) in [5.74, 6) is 0.193. The third kappa shape index (κ3) is 7.31. The average molecular weight is 524 g/mol. The van der Waals surface area contributed by atoms with Gasteiger partial charge in [0.2, 0.25) is 5.91 Å². The standard InChI is InChI=1S/C28H33N3O5S/c1-2-36-26-11-13-27(14-12-26)37(33,34)31(25-9-4-3-5-10-25)22-28(32)29-20-23-7-6-8-24(19-23)21-30-15-17-35-18-16-30/h3-14,19H,2,15-18,20-22H2,1H3,(H,29,32). The molecule has 0 radical (unpaired) electrons. The number of carbonyl (C=O) groups is 1. The van der Waals surface area contributed by atoms with E-state index in [0.717, 1.165) is 48.3 Å². The van der Waals surface area contributed by atoms with Crippen LogP contribution in [-0.2, 0) is 32.6 Å². The molecule has 1 aliphatic rings. The second kappa shape index (κ2) is 12.7. The van der Waals surface area contributed by atoms with E-state index >= 15 is 0 Å². The van der Waals surface area contributed by atoms with Crippen LogP contribution in [-0.4, -0.2) is 58.7 Å². The van der Waals surface area contributed by atoms with E-state index in [1.807, 2.05) is 19.1 Å². The van der Waals surface area contributed by atoms with Crippen molar-refractivity contribution in [2.24, 2.45) is 0 Å². The fraction of sp³-hybridized carbons (Fsp3) is 0.321. The highest BCUT2D eigenvalue weighted by atomic mass is 32.2. The first kappa shape index (κ1) is 26.7. The highest BCUT2D eigenvalue weighted by molar-refractivity contribution is 7.92. The van der Waals surface area contributed by atoms with E-state index in [9.17, 15) is 13.2 Å². The number of hydrogen-bond acceptors (Lipinski definition) is 6. The lowest BCUT2D eigenvalue weighted by Gasteiger charge is -2.26. The van der Waals surface area contributed by atoms with Gasteiger partial charge in [-0.25, -0.2) is 8.42 Å². The van der Waals surface area contributed by atoms with Crippen molar-refractivity contribution in [1.29, 1.82) is 0 Å². The Bertz CT molecular complexity index is 1260. The number of para-hydroxylation sites is 1. The zero-order valence-corrected chi connectivity index (χ0v) is 21.8. The minimum Gasteiger partial charge on any atom is -0.494 e. The fourth-order valence-electron chi connectivity index (χ4n) is 4.15. The average Bonchev–Trinajstić information content (AvgIpc) is 2.92. The summed E-state index contributed by atoms with van der Waals surface area (Å²) in [5.41, 5.74) is 2.54. The zero-order chi connectivity index (χ0) is 26.1. The normalized spacial score (nSPS) is 14.2. The summed E-state index contributed by atoms with van der Waals surface area (Å²) >= 11 is 0. The van der Waals surface area contributed by atoms with Crippen LogP contribution in [0.25, 0.3) is 0 Å². The Morgan fingerprint density at radius 3 is 2.38 bits per heavy atom. The minimum absolute atomic E-state index is 0.0865. The summed E-state index contributed by atoms with van der Waals surface area (Å²) < 4.78 is 39.0. The maximum Gasteiger partial charge on any atom is 0.264 e. The largest absolute Gasteiger partial charge is 0.494 e. The molecule has 1 N–H and O–H groups in total. The van der Waals surface area contributed by atoms with Crippen molar-refractivity contribution in [3.05, 3.63) is 90.0 Å². The lowest BCUT2D eigenvalue weighted by atomic mass is 10.1. The van der Waals surface area contributed by atoms with Crippen molar-refractivity contribution >= 4 is 21.6 Å². The molecule has 0 unspecified atom stereocenters. The number of nitrogens with one attached hydrogen (secondary N) is 1. The molecule has 0 saturated carbocycles. The quantitative estimate of drug-likeness (QED) is 0.414. The molecule has 0 spiro atoms. The molecule has 9 heteroatoms. The molecular weight excluding hydrogens is 490 g/mol. The molecule has 3 aromatic rings. The van der Waals surface area contributed by atoms with Crippen molar-refractivity contribution in [3.8, 4) is 5.75 Å². The Hall–Kier alpha value is -3.40.